The molecule has 1 amide bonds. The SMILES string of the molecule is CC(CCCBr)NC(=O)c1cc(O)cc(O)c1. The quantitative estimate of drug-likeness (QED) is 0.731. The molecular weight excluding hydrogens is 286 g/mol. The van der Waals surface area contributed by atoms with Crippen LogP contribution in [0.1, 0.15) is 30.1 Å². The van der Waals surface area contributed by atoms with Gasteiger partial charge in [0.05, 0.1) is 0 Å². The zero-order valence-corrected chi connectivity index (χ0v) is 11.2. The Labute approximate surface area is 109 Å². The molecule has 1 atom stereocenters. The van der Waals surface area contributed by atoms with Gasteiger partial charge in [0.15, 0.2) is 0 Å². The smallest absolute Gasteiger partial charge is 0.251 e. The van der Waals surface area contributed by atoms with Crippen LogP contribution in [0.15, 0.2) is 18.2 Å². The summed E-state index contributed by atoms with van der Waals surface area (Å²) in [5, 5.41) is 22.3. The molecule has 0 bridgehead atoms. The topological polar surface area (TPSA) is 69.6 Å². The molecule has 0 heterocycles. The van der Waals surface area contributed by atoms with E-state index in [1.54, 1.807) is 0 Å². The molecule has 0 fully saturated rings. The number of benzene rings is 1. The van der Waals surface area contributed by atoms with E-state index in [9.17, 15) is 15.0 Å². The summed E-state index contributed by atoms with van der Waals surface area (Å²) in [5.74, 6) is -0.537. The van der Waals surface area contributed by atoms with Gasteiger partial charge in [-0.25, -0.2) is 0 Å². The van der Waals surface area contributed by atoms with Crippen LogP contribution in [0, 0.1) is 0 Å². The molecule has 1 aromatic carbocycles. The standard InChI is InChI=1S/C12H16BrNO3/c1-8(3-2-4-13)14-12(17)9-5-10(15)7-11(16)6-9/h5-8,15-16H,2-4H2,1H3,(H,14,17). The monoisotopic (exact) mass is 301 g/mol. The molecule has 94 valence electrons. The van der Waals surface area contributed by atoms with Crippen LogP contribution in [0.3, 0.4) is 0 Å². The summed E-state index contributed by atoms with van der Waals surface area (Å²) >= 11 is 3.33. The highest BCUT2D eigenvalue weighted by Gasteiger charge is 2.11. The summed E-state index contributed by atoms with van der Waals surface area (Å²) in [6.45, 7) is 1.92. The lowest BCUT2D eigenvalue weighted by Gasteiger charge is -2.13. The fourth-order valence-corrected chi connectivity index (χ4v) is 1.81. The van der Waals surface area contributed by atoms with Crippen LogP contribution in [0.2, 0.25) is 0 Å². The number of hydrogen-bond donors (Lipinski definition) is 3. The van der Waals surface area contributed by atoms with Crippen LogP contribution in [-0.4, -0.2) is 27.5 Å². The van der Waals surface area contributed by atoms with Gasteiger partial charge in [-0.2, -0.15) is 0 Å². The van der Waals surface area contributed by atoms with Gasteiger partial charge in [-0.1, -0.05) is 15.9 Å². The molecule has 0 aliphatic rings. The van der Waals surface area contributed by atoms with Crippen molar-refractivity contribution in [3.63, 3.8) is 0 Å². The number of phenolic OH excluding ortho intramolecular Hbond substituents is 2. The van der Waals surface area contributed by atoms with Gasteiger partial charge in [-0.15, -0.1) is 0 Å². The van der Waals surface area contributed by atoms with E-state index in [0.717, 1.165) is 18.2 Å². The zero-order valence-electron chi connectivity index (χ0n) is 9.61. The van der Waals surface area contributed by atoms with Crippen LogP contribution in [0.5, 0.6) is 11.5 Å². The summed E-state index contributed by atoms with van der Waals surface area (Å²) in [6.07, 6.45) is 1.86. The molecule has 1 rings (SSSR count). The van der Waals surface area contributed by atoms with E-state index in [-0.39, 0.29) is 29.0 Å². The third kappa shape index (κ3) is 4.65. The molecule has 1 unspecified atom stereocenters. The average molecular weight is 302 g/mol. The van der Waals surface area contributed by atoms with Crippen LogP contribution in [-0.2, 0) is 0 Å². The average Bonchev–Trinajstić information content (AvgIpc) is 2.25. The summed E-state index contributed by atoms with van der Waals surface area (Å²) < 4.78 is 0. The van der Waals surface area contributed by atoms with E-state index in [1.165, 1.54) is 18.2 Å². The van der Waals surface area contributed by atoms with Crippen molar-refractivity contribution >= 4 is 21.8 Å². The first-order valence-electron chi connectivity index (χ1n) is 5.42. The zero-order chi connectivity index (χ0) is 12.8. The first-order chi connectivity index (χ1) is 8.02. The second-order valence-corrected chi connectivity index (χ2v) is 4.74. The third-order valence-corrected chi connectivity index (χ3v) is 2.87. The van der Waals surface area contributed by atoms with Crippen molar-refractivity contribution in [2.75, 3.05) is 5.33 Å². The summed E-state index contributed by atoms with van der Waals surface area (Å²) in [6, 6.07) is 3.90. The van der Waals surface area contributed by atoms with Crippen molar-refractivity contribution < 1.29 is 15.0 Å². The number of alkyl halides is 1. The number of halogens is 1. The number of phenols is 2. The van der Waals surface area contributed by atoms with Gasteiger partial charge in [0.25, 0.3) is 5.91 Å². The molecule has 0 saturated carbocycles. The number of nitrogens with one attached hydrogen (secondary N) is 1. The molecule has 0 spiro atoms. The highest BCUT2D eigenvalue weighted by atomic mass is 79.9. The van der Waals surface area contributed by atoms with Gasteiger partial charge in [0.2, 0.25) is 0 Å². The maximum atomic E-state index is 11.8. The number of rotatable bonds is 5. The highest BCUT2D eigenvalue weighted by molar-refractivity contribution is 9.09. The molecule has 0 saturated heterocycles. The van der Waals surface area contributed by atoms with Crippen molar-refractivity contribution in [1.29, 1.82) is 0 Å². The van der Waals surface area contributed by atoms with Crippen molar-refractivity contribution in [3.8, 4) is 11.5 Å². The molecular formula is C12H16BrNO3. The number of hydrogen-bond acceptors (Lipinski definition) is 3. The van der Waals surface area contributed by atoms with Gasteiger partial charge in [0, 0.05) is 23.0 Å². The lowest BCUT2D eigenvalue weighted by molar-refractivity contribution is 0.0937. The summed E-state index contributed by atoms with van der Waals surface area (Å²) in [5.41, 5.74) is 0.258. The van der Waals surface area contributed by atoms with E-state index in [0.29, 0.717) is 0 Å². The summed E-state index contributed by atoms with van der Waals surface area (Å²) in [7, 11) is 0. The van der Waals surface area contributed by atoms with E-state index >= 15 is 0 Å². The minimum atomic E-state index is -0.293. The molecule has 5 heteroatoms. The first kappa shape index (κ1) is 13.8. The van der Waals surface area contributed by atoms with E-state index in [1.807, 2.05) is 6.92 Å². The maximum absolute atomic E-state index is 11.8. The minimum Gasteiger partial charge on any atom is -0.508 e. The lowest BCUT2D eigenvalue weighted by Crippen LogP contribution is -2.32. The predicted octanol–water partition coefficient (Wildman–Crippen LogP) is 2.39. The van der Waals surface area contributed by atoms with Crippen LogP contribution in [0.25, 0.3) is 0 Å². The molecule has 17 heavy (non-hydrogen) atoms. The van der Waals surface area contributed by atoms with Crippen molar-refractivity contribution in [3.05, 3.63) is 23.8 Å². The van der Waals surface area contributed by atoms with E-state index < -0.39 is 0 Å². The first-order valence-corrected chi connectivity index (χ1v) is 6.55. The van der Waals surface area contributed by atoms with Crippen LogP contribution in [0.4, 0.5) is 0 Å². The normalized spacial score (nSPS) is 12.1. The van der Waals surface area contributed by atoms with Gasteiger partial charge in [-0.3, -0.25) is 4.79 Å². The third-order valence-electron chi connectivity index (χ3n) is 2.31. The lowest BCUT2D eigenvalue weighted by atomic mass is 10.1. The Balaban J connectivity index is 2.63. The fraction of sp³-hybridized carbons (Fsp3) is 0.417. The van der Waals surface area contributed by atoms with Crippen LogP contribution < -0.4 is 5.32 Å². The maximum Gasteiger partial charge on any atom is 0.251 e. The fourth-order valence-electron chi connectivity index (χ4n) is 1.49. The Morgan fingerprint density at radius 3 is 2.47 bits per heavy atom. The van der Waals surface area contributed by atoms with Crippen molar-refractivity contribution in [1.82, 2.24) is 5.32 Å². The van der Waals surface area contributed by atoms with E-state index in [2.05, 4.69) is 21.2 Å². The Morgan fingerprint density at radius 2 is 1.94 bits per heavy atom. The molecule has 4 nitrogen and oxygen atoms in total. The van der Waals surface area contributed by atoms with Gasteiger partial charge in [0.1, 0.15) is 11.5 Å². The van der Waals surface area contributed by atoms with Gasteiger partial charge < -0.3 is 15.5 Å². The molecule has 0 aliphatic carbocycles. The Hall–Kier alpha value is -1.23. The second kappa shape index (κ2) is 6.49. The number of carbonyl (C=O) groups is 1. The van der Waals surface area contributed by atoms with Gasteiger partial charge in [-0.05, 0) is 31.9 Å². The number of amides is 1. The summed E-state index contributed by atoms with van der Waals surface area (Å²) in [4.78, 5) is 11.8. The number of carbonyl (C=O) groups excluding carboxylic acids is 1. The number of aromatic hydroxyl groups is 2. The van der Waals surface area contributed by atoms with Crippen molar-refractivity contribution in [2.45, 2.75) is 25.8 Å². The Morgan fingerprint density at radius 1 is 1.35 bits per heavy atom. The Kier molecular flexibility index (Phi) is 5.28. The Bertz CT molecular complexity index is 375. The molecule has 0 radical (unpaired) electrons. The van der Waals surface area contributed by atoms with Crippen LogP contribution >= 0.6 is 15.9 Å². The predicted molar refractivity (Wildman–Crippen MR) is 69.7 cm³/mol. The van der Waals surface area contributed by atoms with Gasteiger partial charge >= 0.3 is 0 Å². The second-order valence-electron chi connectivity index (χ2n) is 3.94. The largest absolute Gasteiger partial charge is 0.508 e. The molecule has 1 aromatic rings. The van der Waals surface area contributed by atoms with Crippen molar-refractivity contribution in [2.24, 2.45) is 0 Å². The molecule has 0 aromatic heterocycles. The van der Waals surface area contributed by atoms with E-state index in [4.69, 9.17) is 0 Å². The minimum absolute atomic E-state index is 0.0598. The highest BCUT2D eigenvalue weighted by Crippen LogP contribution is 2.20. The molecule has 3 N–H and O–H groups in total. The molecule has 0 aliphatic heterocycles.